The fourth-order valence-corrected chi connectivity index (χ4v) is 3.43. The van der Waals surface area contributed by atoms with Crippen molar-refractivity contribution in [1.29, 1.82) is 0 Å². The highest BCUT2D eigenvalue weighted by atomic mass is 16.6. The van der Waals surface area contributed by atoms with Crippen LogP contribution in [0.2, 0.25) is 0 Å². The van der Waals surface area contributed by atoms with Gasteiger partial charge in [0.15, 0.2) is 0 Å². The summed E-state index contributed by atoms with van der Waals surface area (Å²) in [5.41, 5.74) is -0.0118. The molecule has 7 heteroatoms. The standard InChI is InChI=1S/C19H38O4.C8H4O3/c1-3-4-5-6-7-8-9-10-11-12-13-14-18(22)23-17-19(2,15-20)16-21;9-7-5-3-1-2-4-6(5)8(10)11-7/h20-21H,3-17H2,1-2H3;1-4H. The molecule has 1 aromatic rings. The zero-order chi connectivity index (χ0) is 25.2. The Morgan fingerprint density at radius 1 is 0.824 bits per heavy atom. The maximum Gasteiger partial charge on any atom is 0.346 e. The number of carbonyl (C=O) groups is 3. The zero-order valence-corrected chi connectivity index (χ0v) is 20.9. The Hall–Kier alpha value is -2.25. The minimum absolute atomic E-state index is 0.0802. The number of rotatable bonds is 16. The van der Waals surface area contributed by atoms with Crippen molar-refractivity contribution in [3.63, 3.8) is 0 Å². The maximum atomic E-state index is 11.6. The highest BCUT2D eigenvalue weighted by molar-refractivity contribution is 6.14. The molecule has 1 aliphatic rings. The van der Waals surface area contributed by atoms with Gasteiger partial charge >= 0.3 is 17.9 Å². The average molecular weight is 479 g/mol. The van der Waals surface area contributed by atoms with Gasteiger partial charge in [0.05, 0.1) is 24.3 Å². The van der Waals surface area contributed by atoms with Gasteiger partial charge in [-0.15, -0.1) is 0 Å². The number of ether oxygens (including phenoxy) is 2. The van der Waals surface area contributed by atoms with E-state index in [4.69, 9.17) is 14.9 Å². The van der Waals surface area contributed by atoms with E-state index >= 15 is 0 Å². The molecule has 192 valence electrons. The fourth-order valence-electron chi connectivity index (χ4n) is 3.43. The lowest BCUT2D eigenvalue weighted by molar-refractivity contribution is -0.149. The van der Waals surface area contributed by atoms with Gasteiger partial charge in [0, 0.05) is 11.8 Å². The Kier molecular flexibility index (Phi) is 15.1. The molecule has 0 aliphatic carbocycles. The van der Waals surface area contributed by atoms with Gasteiger partial charge in [-0.2, -0.15) is 0 Å². The molecule has 1 aromatic carbocycles. The molecular weight excluding hydrogens is 436 g/mol. The van der Waals surface area contributed by atoms with Gasteiger partial charge in [-0.1, -0.05) is 90.2 Å². The Bertz CT molecular complexity index is 707. The summed E-state index contributed by atoms with van der Waals surface area (Å²) in [6.07, 6.45) is 14.3. The summed E-state index contributed by atoms with van der Waals surface area (Å²) in [7, 11) is 0. The van der Waals surface area contributed by atoms with Crippen LogP contribution in [0.1, 0.15) is 112 Å². The third kappa shape index (κ3) is 11.7. The van der Waals surface area contributed by atoms with E-state index in [0.29, 0.717) is 17.5 Å². The van der Waals surface area contributed by atoms with Crippen molar-refractivity contribution < 1.29 is 34.1 Å². The lowest BCUT2D eigenvalue weighted by atomic mass is 9.94. The van der Waals surface area contributed by atoms with Gasteiger partial charge in [-0.3, -0.25) is 4.79 Å². The smallest absolute Gasteiger partial charge is 0.346 e. The van der Waals surface area contributed by atoms with Crippen LogP contribution in [0, 0.1) is 5.41 Å². The molecule has 0 unspecified atom stereocenters. The van der Waals surface area contributed by atoms with Crippen molar-refractivity contribution in [3.8, 4) is 0 Å². The normalized spacial score (nSPS) is 12.6. The number of hydrogen-bond acceptors (Lipinski definition) is 7. The van der Waals surface area contributed by atoms with E-state index in [-0.39, 0.29) is 25.8 Å². The number of hydrogen-bond donors (Lipinski definition) is 2. The summed E-state index contributed by atoms with van der Waals surface area (Å²) in [4.78, 5) is 33.3. The first kappa shape index (κ1) is 29.8. The number of esters is 3. The van der Waals surface area contributed by atoms with E-state index in [2.05, 4.69) is 11.7 Å². The van der Waals surface area contributed by atoms with Crippen molar-refractivity contribution >= 4 is 17.9 Å². The van der Waals surface area contributed by atoms with Gasteiger partial charge in [0.25, 0.3) is 0 Å². The monoisotopic (exact) mass is 478 g/mol. The molecule has 0 amide bonds. The Morgan fingerprint density at radius 2 is 1.26 bits per heavy atom. The van der Waals surface area contributed by atoms with Crippen LogP contribution in [0.25, 0.3) is 0 Å². The minimum atomic E-state index is -0.729. The lowest BCUT2D eigenvalue weighted by Crippen LogP contribution is -2.32. The molecule has 2 rings (SSSR count). The summed E-state index contributed by atoms with van der Waals surface area (Å²) in [5, 5.41) is 18.2. The summed E-state index contributed by atoms with van der Waals surface area (Å²) in [6, 6.07) is 6.53. The second-order valence-electron chi connectivity index (χ2n) is 9.30. The number of cyclic esters (lactones) is 2. The van der Waals surface area contributed by atoms with Crippen molar-refractivity contribution in [1.82, 2.24) is 0 Å². The first-order chi connectivity index (χ1) is 16.4. The molecule has 0 bridgehead atoms. The molecule has 2 N–H and O–H groups in total. The van der Waals surface area contributed by atoms with E-state index in [1.807, 2.05) is 0 Å². The van der Waals surface area contributed by atoms with Crippen LogP contribution in [-0.4, -0.2) is 47.9 Å². The summed E-state index contributed by atoms with van der Waals surface area (Å²) >= 11 is 0. The van der Waals surface area contributed by atoms with E-state index in [0.717, 1.165) is 12.8 Å². The van der Waals surface area contributed by atoms with Crippen LogP contribution in [0.15, 0.2) is 24.3 Å². The topological polar surface area (TPSA) is 110 Å². The van der Waals surface area contributed by atoms with E-state index in [1.54, 1.807) is 31.2 Å². The van der Waals surface area contributed by atoms with Crippen molar-refractivity contribution in [3.05, 3.63) is 35.4 Å². The third-order valence-corrected chi connectivity index (χ3v) is 5.88. The number of aliphatic hydroxyl groups is 2. The van der Waals surface area contributed by atoms with Crippen LogP contribution in [0.5, 0.6) is 0 Å². The minimum Gasteiger partial charge on any atom is -0.465 e. The quantitative estimate of drug-likeness (QED) is 0.190. The van der Waals surface area contributed by atoms with E-state index in [1.165, 1.54) is 57.8 Å². The highest BCUT2D eigenvalue weighted by Gasteiger charge is 2.28. The van der Waals surface area contributed by atoms with Crippen LogP contribution < -0.4 is 0 Å². The molecule has 0 spiro atoms. The largest absolute Gasteiger partial charge is 0.465 e. The van der Waals surface area contributed by atoms with Gasteiger partial charge in [0.1, 0.15) is 6.61 Å². The number of fused-ring (bicyclic) bond motifs is 1. The summed E-state index contributed by atoms with van der Waals surface area (Å²) in [5.74, 6) is -1.33. The van der Waals surface area contributed by atoms with Crippen LogP contribution >= 0.6 is 0 Å². The summed E-state index contributed by atoms with van der Waals surface area (Å²) in [6.45, 7) is 3.65. The molecule has 0 saturated heterocycles. The predicted octanol–water partition coefficient (Wildman–Crippen LogP) is 5.22. The van der Waals surface area contributed by atoms with Gasteiger partial charge < -0.3 is 19.7 Å². The van der Waals surface area contributed by atoms with Gasteiger partial charge in [0.2, 0.25) is 0 Å². The van der Waals surface area contributed by atoms with Crippen LogP contribution in [0.4, 0.5) is 0 Å². The van der Waals surface area contributed by atoms with Crippen LogP contribution in [0.3, 0.4) is 0 Å². The van der Waals surface area contributed by atoms with E-state index < -0.39 is 17.4 Å². The first-order valence-corrected chi connectivity index (χ1v) is 12.6. The number of carbonyl (C=O) groups excluding carboxylic acids is 3. The SMILES string of the molecule is CCCCCCCCCCCCCC(=O)OCC(C)(CO)CO.O=C1OC(=O)c2ccccc21. The Balaban J connectivity index is 0.000000429. The highest BCUT2D eigenvalue weighted by Crippen LogP contribution is 2.18. The summed E-state index contributed by atoms with van der Waals surface area (Å²) < 4.78 is 9.48. The fraction of sp³-hybridized carbons (Fsp3) is 0.667. The zero-order valence-electron chi connectivity index (χ0n) is 20.9. The van der Waals surface area contributed by atoms with Gasteiger partial charge in [-0.25, -0.2) is 9.59 Å². The number of aliphatic hydroxyl groups excluding tert-OH is 2. The molecule has 0 atom stereocenters. The van der Waals surface area contributed by atoms with Crippen molar-refractivity contribution in [2.75, 3.05) is 19.8 Å². The molecule has 0 radical (unpaired) electrons. The number of unbranched alkanes of at least 4 members (excludes halogenated alkanes) is 10. The van der Waals surface area contributed by atoms with Crippen LogP contribution in [-0.2, 0) is 14.3 Å². The van der Waals surface area contributed by atoms with Gasteiger partial charge in [-0.05, 0) is 18.6 Å². The molecule has 1 aliphatic heterocycles. The maximum absolute atomic E-state index is 11.6. The molecule has 0 saturated carbocycles. The second kappa shape index (κ2) is 17.2. The Labute approximate surface area is 203 Å². The molecule has 0 aromatic heterocycles. The molecular formula is C27H42O7. The molecule has 7 nitrogen and oxygen atoms in total. The second-order valence-corrected chi connectivity index (χ2v) is 9.30. The molecule has 1 heterocycles. The van der Waals surface area contributed by atoms with Crippen molar-refractivity contribution in [2.45, 2.75) is 90.9 Å². The van der Waals surface area contributed by atoms with Crippen molar-refractivity contribution in [2.24, 2.45) is 5.41 Å². The lowest BCUT2D eigenvalue weighted by Gasteiger charge is -2.23. The predicted molar refractivity (Wildman–Crippen MR) is 131 cm³/mol. The third-order valence-electron chi connectivity index (χ3n) is 5.88. The molecule has 0 fully saturated rings. The van der Waals surface area contributed by atoms with E-state index in [9.17, 15) is 14.4 Å². The number of benzene rings is 1. The molecule has 34 heavy (non-hydrogen) atoms. The first-order valence-electron chi connectivity index (χ1n) is 12.6. The average Bonchev–Trinajstić information content (AvgIpc) is 3.15. The Morgan fingerprint density at radius 3 is 1.71 bits per heavy atom.